The van der Waals surface area contributed by atoms with Gasteiger partial charge in [0.1, 0.15) is 24.2 Å². The summed E-state index contributed by atoms with van der Waals surface area (Å²) in [5.41, 5.74) is 6.06. The van der Waals surface area contributed by atoms with Crippen molar-refractivity contribution in [1.29, 1.82) is 5.41 Å². The molecule has 30 heavy (non-hydrogen) atoms. The number of likely N-dealkylation sites (N-methyl/N-ethyl adjacent to an activating group) is 1. The van der Waals surface area contributed by atoms with Crippen LogP contribution < -0.4 is 5.73 Å². The van der Waals surface area contributed by atoms with E-state index in [0.29, 0.717) is 26.4 Å². The Morgan fingerprint density at radius 2 is 2.17 bits per heavy atom. The van der Waals surface area contributed by atoms with E-state index in [4.69, 9.17) is 29.9 Å². The number of aliphatic imine (C=N–C) groups is 2. The first-order chi connectivity index (χ1) is 14.4. The molecule has 13 heteroatoms. The van der Waals surface area contributed by atoms with Gasteiger partial charge in [-0.05, 0) is 13.6 Å². The summed E-state index contributed by atoms with van der Waals surface area (Å²) in [6, 6.07) is 0. The molecule has 2 aliphatic heterocycles. The highest BCUT2D eigenvalue weighted by Crippen LogP contribution is 2.34. The molecular formula is C17H30N6O6P+. The standard InChI is InChI=1S/C17H29N6O6P/c1-4-27-15-14(29-30(24)25)13(10-23-5-7-26-8-6-23)28-17(15)22(3)9-12(20-2)16(19)21-11-18/h9,11,13-15,17H,2,4-8,10H2,1,3H3,(H3-,18,19,21,24,25)/p+1/b12-9-/t13-,14?,15+,17?/m1/s1. The molecule has 2 heterocycles. The molecule has 0 aliphatic carbocycles. The molecule has 5 atom stereocenters. The predicted molar refractivity (Wildman–Crippen MR) is 112 cm³/mol. The van der Waals surface area contributed by atoms with E-state index in [1.54, 1.807) is 18.1 Å². The van der Waals surface area contributed by atoms with E-state index in [1.807, 2.05) is 6.92 Å². The summed E-state index contributed by atoms with van der Waals surface area (Å²) in [6.07, 6.45) is -0.155. The Kier molecular flexibility index (Phi) is 9.92. The fraction of sp³-hybridized carbons (Fsp3) is 0.706. The van der Waals surface area contributed by atoms with Gasteiger partial charge in [-0.25, -0.2) is 4.99 Å². The fourth-order valence-corrected chi connectivity index (χ4v) is 3.88. The van der Waals surface area contributed by atoms with E-state index >= 15 is 0 Å². The van der Waals surface area contributed by atoms with Crippen LogP contribution in [0.3, 0.4) is 0 Å². The molecule has 0 spiro atoms. The van der Waals surface area contributed by atoms with Crippen LogP contribution in [0.1, 0.15) is 6.92 Å². The Labute approximate surface area is 176 Å². The first-order valence-electron chi connectivity index (χ1n) is 9.54. The molecule has 0 aromatic heterocycles. The van der Waals surface area contributed by atoms with Crippen molar-refractivity contribution in [3.8, 4) is 0 Å². The molecule has 2 saturated heterocycles. The van der Waals surface area contributed by atoms with Crippen molar-refractivity contribution in [2.75, 3.05) is 46.5 Å². The molecule has 2 fully saturated rings. The van der Waals surface area contributed by atoms with Gasteiger partial charge in [0.05, 0.1) is 13.2 Å². The van der Waals surface area contributed by atoms with Gasteiger partial charge in [-0.3, -0.25) is 15.3 Å². The summed E-state index contributed by atoms with van der Waals surface area (Å²) in [6.45, 7) is 8.87. The molecule has 0 amide bonds. The molecule has 0 radical (unpaired) electrons. The maximum Gasteiger partial charge on any atom is 0.695 e. The van der Waals surface area contributed by atoms with Crippen LogP contribution in [0.25, 0.3) is 0 Å². The number of hydrogen-bond donors (Lipinski definition) is 3. The number of morpholine rings is 1. The summed E-state index contributed by atoms with van der Waals surface area (Å²) in [4.78, 5) is 20.8. The molecule has 0 bridgehead atoms. The van der Waals surface area contributed by atoms with E-state index in [9.17, 15) is 9.46 Å². The second-order valence-electron chi connectivity index (χ2n) is 6.69. The Bertz CT molecular complexity index is 671. The third-order valence-electron chi connectivity index (χ3n) is 4.76. The SMILES string of the molecule is C=N/C(=C\N(C)C1O[C@H](CN2CCOCC2)C(O[P+](=O)O)[C@@H]1OCC)C(N)=NC=N. The van der Waals surface area contributed by atoms with Crippen LogP contribution >= 0.6 is 8.25 Å². The number of rotatable bonds is 11. The van der Waals surface area contributed by atoms with Crippen LogP contribution in [0, 0.1) is 5.41 Å². The summed E-state index contributed by atoms with van der Waals surface area (Å²) in [5, 5.41) is 7.06. The molecule has 2 rings (SSSR count). The lowest BCUT2D eigenvalue weighted by molar-refractivity contribution is -0.0873. The molecule has 0 aromatic rings. The molecule has 3 unspecified atom stereocenters. The lowest BCUT2D eigenvalue weighted by atomic mass is 10.1. The molecule has 168 valence electrons. The summed E-state index contributed by atoms with van der Waals surface area (Å²) in [7, 11) is -1.12. The third-order valence-corrected chi connectivity index (χ3v) is 5.19. The third kappa shape index (κ3) is 6.61. The van der Waals surface area contributed by atoms with Crippen molar-refractivity contribution in [1.82, 2.24) is 9.80 Å². The second kappa shape index (κ2) is 12.2. The van der Waals surface area contributed by atoms with Crippen LogP contribution in [-0.4, -0.2) is 105 Å². The van der Waals surface area contributed by atoms with Crippen molar-refractivity contribution in [2.45, 2.75) is 31.5 Å². The average molecular weight is 445 g/mol. The quantitative estimate of drug-likeness (QED) is 0.225. The van der Waals surface area contributed by atoms with Crippen molar-refractivity contribution < 1.29 is 28.2 Å². The van der Waals surface area contributed by atoms with Crippen LogP contribution in [0.2, 0.25) is 0 Å². The van der Waals surface area contributed by atoms with E-state index in [-0.39, 0.29) is 11.5 Å². The number of nitrogens with zero attached hydrogens (tertiary/aromatic N) is 4. The first-order valence-corrected chi connectivity index (χ1v) is 10.7. The van der Waals surface area contributed by atoms with E-state index in [0.717, 1.165) is 19.4 Å². The van der Waals surface area contributed by atoms with Crippen LogP contribution in [0.15, 0.2) is 21.9 Å². The van der Waals surface area contributed by atoms with Crippen molar-refractivity contribution in [3.63, 3.8) is 0 Å². The van der Waals surface area contributed by atoms with Gasteiger partial charge >= 0.3 is 8.25 Å². The zero-order chi connectivity index (χ0) is 22.1. The maximum atomic E-state index is 11.5. The van der Waals surface area contributed by atoms with Gasteiger partial charge in [0.2, 0.25) is 0 Å². The minimum absolute atomic E-state index is 0.0221. The van der Waals surface area contributed by atoms with Crippen LogP contribution in [0.4, 0.5) is 0 Å². The Balaban J connectivity index is 2.26. The normalized spacial score (nSPS) is 29.0. The lowest BCUT2D eigenvalue weighted by Crippen LogP contribution is -2.46. The van der Waals surface area contributed by atoms with Crippen molar-refractivity contribution >= 4 is 27.1 Å². The molecule has 12 nitrogen and oxygen atoms in total. The van der Waals surface area contributed by atoms with Gasteiger partial charge in [-0.15, -0.1) is 9.42 Å². The predicted octanol–water partition coefficient (Wildman–Crippen LogP) is -0.0784. The maximum absolute atomic E-state index is 11.5. The zero-order valence-electron chi connectivity index (χ0n) is 17.2. The van der Waals surface area contributed by atoms with Crippen molar-refractivity contribution in [2.24, 2.45) is 15.7 Å². The molecule has 0 aromatic carbocycles. The number of hydrogen-bond acceptors (Lipinski definition) is 9. The van der Waals surface area contributed by atoms with Crippen molar-refractivity contribution in [3.05, 3.63) is 11.9 Å². The highest BCUT2D eigenvalue weighted by atomic mass is 31.1. The zero-order valence-corrected chi connectivity index (χ0v) is 18.1. The van der Waals surface area contributed by atoms with Gasteiger partial charge in [-0.2, -0.15) is 0 Å². The smallest absolute Gasteiger partial charge is 0.382 e. The topological polar surface area (TPSA) is 155 Å². The van der Waals surface area contributed by atoms with Gasteiger partial charge in [0, 0.05) is 44.1 Å². The average Bonchev–Trinajstić information content (AvgIpc) is 3.04. The number of amidine groups is 1. The van der Waals surface area contributed by atoms with Gasteiger partial charge in [-0.1, -0.05) is 0 Å². The molecule has 2 aliphatic rings. The van der Waals surface area contributed by atoms with E-state index < -0.39 is 32.8 Å². The highest BCUT2D eigenvalue weighted by Gasteiger charge is 2.52. The first kappa shape index (κ1) is 24.5. The van der Waals surface area contributed by atoms with E-state index in [2.05, 4.69) is 21.6 Å². The van der Waals surface area contributed by atoms with Gasteiger partial charge in [0.25, 0.3) is 0 Å². The van der Waals surface area contributed by atoms with Gasteiger partial charge < -0.3 is 24.8 Å². The second-order valence-corrected chi connectivity index (χ2v) is 7.37. The number of ether oxygens (including phenoxy) is 3. The summed E-state index contributed by atoms with van der Waals surface area (Å²) >= 11 is 0. The minimum atomic E-state index is -2.85. The lowest BCUT2D eigenvalue weighted by Gasteiger charge is -2.30. The molecular weight excluding hydrogens is 415 g/mol. The number of nitrogens with two attached hydrogens (primary N) is 1. The number of nitrogens with one attached hydrogen (secondary N) is 1. The Morgan fingerprint density at radius 3 is 2.73 bits per heavy atom. The van der Waals surface area contributed by atoms with Gasteiger partial charge in [0.15, 0.2) is 18.2 Å². The Hall–Kier alpha value is -1.79. The fourth-order valence-electron chi connectivity index (χ4n) is 3.41. The van der Waals surface area contributed by atoms with Crippen LogP contribution in [0.5, 0.6) is 0 Å². The molecule has 0 saturated carbocycles. The Morgan fingerprint density at radius 1 is 1.47 bits per heavy atom. The summed E-state index contributed by atoms with van der Waals surface area (Å²) < 4.78 is 34.2. The molecule has 4 N–H and O–H groups in total. The summed E-state index contributed by atoms with van der Waals surface area (Å²) in [5.74, 6) is 0.0221. The monoisotopic (exact) mass is 445 g/mol. The van der Waals surface area contributed by atoms with E-state index in [1.165, 1.54) is 0 Å². The largest absolute Gasteiger partial charge is 0.695 e. The minimum Gasteiger partial charge on any atom is -0.382 e. The van der Waals surface area contributed by atoms with Crippen LogP contribution in [-0.2, 0) is 23.3 Å². The highest BCUT2D eigenvalue weighted by molar-refractivity contribution is 7.32.